The van der Waals surface area contributed by atoms with Gasteiger partial charge in [0.05, 0.1) is 5.69 Å². The van der Waals surface area contributed by atoms with Crippen LogP contribution in [-0.2, 0) is 0 Å². The molecule has 1 heterocycles. The van der Waals surface area contributed by atoms with Crippen LogP contribution in [0.4, 0.5) is 15.9 Å². The molecule has 2 aromatic carbocycles. The molecule has 1 fully saturated rings. The maximum atomic E-state index is 13.3. The van der Waals surface area contributed by atoms with Crippen molar-refractivity contribution >= 4 is 28.5 Å². The topological polar surface area (TPSA) is 88.8 Å². The molecule has 1 aliphatic carbocycles. The molecule has 1 aromatic heterocycles. The summed E-state index contributed by atoms with van der Waals surface area (Å²) in [6.45, 7) is 0. The molecule has 0 bridgehead atoms. The predicted octanol–water partition coefficient (Wildman–Crippen LogP) is 4.08. The molecule has 0 spiro atoms. The van der Waals surface area contributed by atoms with E-state index in [1.165, 1.54) is 18.3 Å². The molecular formula is C19H17FN4. The van der Waals surface area contributed by atoms with E-state index in [0.717, 1.165) is 40.4 Å². The molecule has 4 nitrogen and oxygen atoms in total. The molecule has 24 heavy (non-hydrogen) atoms. The van der Waals surface area contributed by atoms with Gasteiger partial charge in [-0.25, -0.2) is 9.37 Å². The highest BCUT2D eigenvalue weighted by atomic mass is 19.1. The van der Waals surface area contributed by atoms with Crippen LogP contribution >= 0.6 is 0 Å². The van der Waals surface area contributed by atoms with E-state index in [-0.39, 0.29) is 5.82 Å². The fraction of sp³-hybridized carbons (Fsp3) is 0.158. The van der Waals surface area contributed by atoms with Gasteiger partial charge >= 0.3 is 0 Å². The number of nitrogens with two attached hydrogens (primary N) is 2. The highest BCUT2D eigenvalue weighted by molar-refractivity contribution is 6.07. The van der Waals surface area contributed by atoms with Crippen LogP contribution in [-0.4, -0.2) is 11.2 Å². The molecule has 4 rings (SSSR count). The number of benzene rings is 2. The fourth-order valence-electron chi connectivity index (χ4n) is 3.13. The standard InChI is InChI=1S/C19H17FN4/c20-13-5-3-10(4-6-13)17-14-7-12(9-21)16(22)8-15(14)19(23)24-18(17)11-1-2-11/h3-9,11,21H,1-2,22H2,(H2,23,24). The monoisotopic (exact) mass is 320 g/mol. The number of nitrogen functional groups attached to an aromatic ring is 2. The Balaban J connectivity index is 2.11. The van der Waals surface area contributed by atoms with Gasteiger partial charge in [-0.3, -0.25) is 0 Å². The van der Waals surface area contributed by atoms with Crippen molar-refractivity contribution in [2.24, 2.45) is 0 Å². The summed E-state index contributed by atoms with van der Waals surface area (Å²) in [5, 5.41) is 9.24. The second-order valence-electron chi connectivity index (χ2n) is 6.21. The van der Waals surface area contributed by atoms with Gasteiger partial charge in [-0.1, -0.05) is 12.1 Å². The summed E-state index contributed by atoms with van der Waals surface area (Å²) < 4.78 is 13.3. The lowest BCUT2D eigenvalue weighted by molar-refractivity contribution is 0.628. The first-order valence-electron chi connectivity index (χ1n) is 7.87. The van der Waals surface area contributed by atoms with Crippen molar-refractivity contribution in [2.45, 2.75) is 18.8 Å². The third-order valence-corrected chi connectivity index (χ3v) is 4.52. The second kappa shape index (κ2) is 5.30. The molecule has 0 aliphatic heterocycles. The van der Waals surface area contributed by atoms with Gasteiger partial charge in [0.1, 0.15) is 11.6 Å². The fourth-order valence-corrected chi connectivity index (χ4v) is 3.13. The van der Waals surface area contributed by atoms with Gasteiger partial charge in [0, 0.05) is 34.3 Å². The molecule has 3 aromatic rings. The van der Waals surface area contributed by atoms with Crippen LogP contribution in [0, 0.1) is 11.2 Å². The van der Waals surface area contributed by atoms with Crippen LogP contribution in [0.15, 0.2) is 36.4 Å². The zero-order valence-corrected chi connectivity index (χ0v) is 13.0. The number of nitrogens with zero attached hydrogens (tertiary/aromatic N) is 1. The Kier molecular flexibility index (Phi) is 3.23. The van der Waals surface area contributed by atoms with Gasteiger partial charge in [-0.15, -0.1) is 0 Å². The number of fused-ring (bicyclic) bond motifs is 1. The Labute approximate surface area is 138 Å². The third-order valence-electron chi connectivity index (χ3n) is 4.52. The molecule has 5 heteroatoms. The summed E-state index contributed by atoms with van der Waals surface area (Å²) in [5.41, 5.74) is 16.1. The Morgan fingerprint density at radius 1 is 1.08 bits per heavy atom. The van der Waals surface area contributed by atoms with Crippen molar-refractivity contribution < 1.29 is 4.39 Å². The summed E-state index contributed by atoms with van der Waals surface area (Å²) in [6.07, 6.45) is 3.40. The summed E-state index contributed by atoms with van der Waals surface area (Å²) in [5.74, 6) is 0.558. The zero-order valence-electron chi connectivity index (χ0n) is 13.0. The molecule has 5 N–H and O–H groups in total. The Hall–Kier alpha value is -2.95. The van der Waals surface area contributed by atoms with Crippen LogP contribution in [0.2, 0.25) is 0 Å². The number of nitrogens with one attached hydrogen (secondary N) is 1. The lowest BCUT2D eigenvalue weighted by Gasteiger charge is -2.16. The number of rotatable bonds is 3. The van der Waals surface area contributed by atoms with Gasteiger partial charge in [-0.05, 0) is 48.1 Å². The van der Waals surface area contributed by atoms with Gasteiger partial charge in [-0.2, -0.15) is 0 Å². The Bertz CT molecular complexity index is 960. The van der Waals surface area contributed by atoms with Crippen molar-refractivity contribution in [3.05, 3.63) is 53.5 Å². The van der Waals surface area contributed by atoms with E-state index < -0.39 is 0 Å². The van der Waals surface area contributed by atoms with E-state index in [1.807, 2.05) is 6.07 Å². The summed E-state index contributed by atoms with van der Waals surface area (Å²) >= 11 is 0. The van der Waals surface area contributed by atoms with Gasteiger partial charge in [0.15, 0.2) is 0 Å². The van der Waals surface area contributed by atoms with Gasteiger partial charge in [0.2, 0.25) is 0 Å². The number of hydrogen-bond acceptors (Lipinski definition) is 4. The van der Waals surface area contributed by atoms with Gasteiger partial charge < -0.3 is 16.9 Å². The number of halogens is 1. The van der Waals surface area contributed by atoms with Crippen LogP contribution in [0.5, 0.6) is 0 Å². The summed E-state index contributed by atoms with van der Waals surface area (Å²) in [6, 6.07) is 10.1. The van der Waals surface area contributed by atoms with E-state index >= 15 is 0 Å². The molecule has 0 unspecified atom stereocenters. The molecule has 0 amide bonds. The minimum absolute atomic E-state index is 0.274. The maximum absolute atomic E-state index is 13.3. The van der Waals surface area contributed by atoms with Crippen molar-refractivity contribution in [3.63, 3.8) is 0 Å². The van der Waals surface area contributed by atoms with Crippen molar-refractivity contribution in [1.82, 2.24) is 4.98 Å². The minimum Gasteiger partial charge on any atom is -0.398 e. The first kappa shape index (κ1) is 14.6. The van der Waals surface area contributed by atoms with Crippen molar-refractivity contribution in [1.29, 1.82) is 5.41 Å². The SMILES string of the molecule is N=Cc1cc2c(-c3ccc(F)cc3)c(C3CC3)nc(N)c2cc1N. The molecule has 120 valence electrons. The van der Waals surface area contributed by atoms with Crippen LogP contribution in [0.1, 0.15) is 30.0 Å². The number of hydrogen-bond donors (Lipinski definition) is 3. The quantitative estimate of drug-likeness (QED) is 0.502. The zero-order chi connectivity index (χ0) is 16.8. The van der Waals surface area contributed by atoms with E-state index in [2.05, 4.69) is 4.98 Å². The van der Waals surface area contributed by atoms with Crippen LogP contribution < -0.4 is 11.5 Å². The predicted molar refractivity (Wildman–Crippen MR) is 95.8 cm³/mol. The largest absolute Gasteiger partial charge is 0.398 e. The average molecular weight is 320 g/mol. The first-order valence-corrected chi connectivity index (χ1v) is 7.87. The normalized spacial score (nSPS) is 14.0. The van der Waals surface area contributed by atoms with E-state index in [1.54, 1.807) is 18.2 Å². The smallest absolute Gasteiger partial charge is 0.131 e. The molecule has 0 atom stereocenters. The van der Waals surface area contributed by atoms with E-state index in [4.69, 9.17) is 16.9 Å². The second-order valence-corrected chi connectivity index (χ2v) is 6.21. The van der Waals surface area contributed by atoms with E-state index in [9.17, 15) is 4.39 Å². The van der Waals surface area contributed by atoms with E-state index in [0.29, 0.717) is 23.0 Å². The number of pyridine rings is 1. The molecule has 0 saturated heterocycles. The highest BCUT2D eigenvalue weighted by Crippen LogP contribution is 2.47. The van der Waals surface area contributed by atoms with Crippen molar-refractivity contribution in [2.75, 3.05) is 11.5 Å². The Morgan fingerprint density at radius 2 is 1.79 bits per heavy atom. The molecule has 1 aliphatic rings. The summed E-state index contributed by atoms with van der Waals surface area (Å²) in [4.78, 5) is 4.63. The third kappa shape index (κ3) is 2.29. The van der Waals surface area contributed by atoms with Crippen molar-refractivity contribution in [3.8, 4) is 11.1 Å². The van der Waals surface area contributed by atoms with Crippen LogP contribution in [0.25, 0.3) is 21.9 Å². The molecule has 0 radical (unpaired) electrons. The molecule has 1 saturated carbocycles. The first-order chi connectivity index (χ1) is 11.6. The van der Waals surface area contributed by atoms with Crippen LogP contribution in [0.3, 0.4) is 0 Å². The minimum atomic E-state index is -0.274. The number of aromatic nitrogens is 1. The lowest BCUT2D eigenvalue weighted by Crippen LogP contribution is -2.02. The lowest BCUT2D eigenvalue weighted by atomic mass is 9.93. The summed E-state index contributed by atoms with van der Waals surface area (Å²) in [7, 11) is 0. The van der Waals surface area contributed by atoms with Gasteiger partial charge in [0.25, 0.3) is 0 Å². The molecular weight excluding hydrogens is 303 g/mol. The maximum Gasteiger partial charge on any atom is 0.131 e. The average Bonchev–Trinajstić information content (AvgIpc) is 3.41. The number of anilines is 2. The Morgan fingerprint density at radius 3 is 2.42 bits per heavy atom. The highest BCUT2D eigenvalue weighted by Gasteiger charge is 2.30.